The van der Waals surface area contributed by atoms with Crippen molar-refractivity contribution in [1.82, 2.24) is 34.9 Å². The van der Waals surface area contributed by atoms with Gasteiger partial charge in [-0.05, 0) is 67.8 Å². The number of aryl methyl sites for hydroxylation is 2. The summed E-state index contributed by atoms with van der Waals surface area (Å²) in [6, 6.07) is 8.73. The average Bonchev–Trinajstić information content (AvgIpc) is 3.75. The lowest BCUT2D eigenvalue weighted by atomic mass is 9.95. The highest BCUT2D eigenvalue weighted by Crippen LogP contribution is 2.42. The second-order valence-corrected chi connectivity index (χ2v) is 14.9. The molecule has 2 aromatic carbocycles. The molecule has 0 saturated carbocycles. The SMILES string of the molecule is CCc1c(F)ccc2cc(O)cc(N3CCc4c(nc(OC[C@@]56CCCN5C[C@H](F)C6)nc4N4CCCn5nc(CNC(=O)N(C)C)cc5C4)C3)c12. The highest BCUT2D eigenvalue weighted by atomic mass is 19.1. The van der Waals surface area contributed by atoms with Gasteiger partial charge in [0.1, 0.15) is 30.2 Å². The van der Waals surface area contributed by atoms with Crippen molar-refractivity contribution in [3.05, 3.63) is 64.4 Å². The van der Waals surface area contributed by atoms with Crippen LogP contribution in [0.2, 0.25) is 0 Å². The highest BCUT2D eigenvalue weighted by Gasteiger charge is 2.49. The molecular weight excluding hydrogens is 668 g/mol. The minimum Gasteiger partial charge on any atom is -0.508 e. The number of phenolic OH excluding ortho intramolecular Hbond substituents is 1. The lowest BCUT2D eigenvalue weighted by Gasteiger charge is -2.35. The van der Waals surface area contributed by atoms with E-state index >= 15 is 4.39 Å². The van der Waals surface area contributed by atoms with Crippen LogP contribution in [0.4, 0.5) is 25.1 Å². The second-order valence-electron chi connectivity index (χ2n) is 14.9. The van der Waals surface area contributed by atoms with Gasteiger partial charge >= 0.3 is 12.0 Å². The van der Waals surface area contributed by atoms with Gasteiger partial charge in [0.05, 0.1) is 42.3 Å². The summed E-state index contributed by atoms with van der Waals surface area (Å²) < 4.78 is 38.3. The van der Waals surface area contributed by atoms with Gasteiger partial charge in [-0.25, -0.2) is 13.6 Å². The van der Waals surface area contributed by atoms with Gasteiger partial charge in [-0.3, -0.25) is 9.58 Å². The maximum absolute atomic E-state index is 15.1. The quantitative estimate of drug-likeness (QED) is 0.262. The maximum Gasteiger partial charge on any atom is 0.318 e. The maximum atomic E-state index is 15.1. The number of aromatic nitrogens is 4. The van der Waals surface area contributed by atoms with Crippen LogP contribution < -0.4 is 19.9 Å². The Morgan fingerprint density at radius 2 is 1.96 bits per heavy atom. The van der Waals surface area contributed by atoms with Crippen molar-refractivity contribution in [3.63, 3.8) is 0 Å². The second kappa shape index (κ2) is 13.7. The molecule has 4 aliphatic rings. The van der Waals surface area contributed by atoms with E-state index < -0.39 is 6.17 Å². The Bertz CT molecular complexity index is 2000. The summed E-state index contributed by atoms with van der Waals surface area (Å²) in [4.78, 5) is 30.4. The standard InChI is InChI=1S/C38H47F2N9O3/c1-4-29-31(40)8-7-24-15-28(50)17-33(34(24)29)46-14-9-30-32(22-46)42-36(52-23-38-10-5-12-48(38)20-25(39)18-38)43-35(30)47-11-6-13-49-27(21-47)16-26(44-49)19-41-37(51)45(2)3/h7-8,15-17,25,50H,4-6,9-14,18-23H2,1-3H3,(H,41,51)/t25-,38+/m1/s1. The van der Waals surface area contributed by atoms with Crippen molar-refractivity contribution in [2.45, 2.75) is 83.3 Å². The van der Waals surface area contributed by atoms with Crippen molar-refractivity contribution in [1.29, 1.82) is 0 Å². The van der Waals surface area contributed by atoms with Gasteiger partial charge in [-0.2, -0.15) is 15.1 Å². The number of rotatable bonds is 8. The van der Waals surface area contributed by atoms with Crippen LogP contribution in [-0.4, -0.2) is 99.3 Å². The first kappa shape index (κ1) is 34.4. The molecule has 0 bridgehead atoms. The van der Waals surface area contributed by atoms with E-state index in [1.807, 2.05) is 17.7 Å². The Hall–Kier alpha value is -4.72. The molecule has 2 amide bonds. The number of alkyl halides is 1. The van der Waals surface area contributed by atoms with E-state index in [1.54, 1.807) is 32.3 Å². The number of carbonyl (C=O) groups is 1. The Morgan fingerprint density at radius 3 is 2.79 bits per heavy atom. The van der Waals surface area contributed by atoms with E-state index in [0.717, 1.165) is 83.8 Å². The molecule has 6 heterocycles. The zero-order chi connectivity index (χ0) is 36.1. The van der Waals surface area contributed by atoms with E-state index in [-0.39, 0.29) is 29.1 Å². The van der Waals surface area contributed by atoms with E-state index in [4.69, 9.17) is 19.8 Å². The number of hydrogen-bond acceptors (Lipinski definition) is 9. The lowest BCUT2D eigenvalue weighted by molar-refractivity contribution is 0.107. The van der Waals surface area contributed by atoms with Gasteiger partial charge in [0.25, 0.3) is 0 Å². The highest BCUT2D eigenvalue weighted by molar-refractivity contribution is 5.98. The molecule has 4 aliphatic heterocycles. The molecule has 8 rings (SSSR count). The number of phenols is 1. The number of aromatic hydroxyl groups is 1. The van der Waals surface area contributed by atoms with Crippen molar-refractivity contribution < 1.29 is 23.4 Å². The van der Waals surface area contributed by atoms with Gasteiger partial charge < -0.3 is 29.9 Å². The molecule has 2 fully saturated rings. The van der Waals surface area contributed by atoms with Crippen LogP contribution in [-0.2, 0) is 39.0 Å². The smallest absolute Gasteiger partial charge is 0.318 e. The Labute approximate surface area is 302 Å². The average molecular weight is 716 g/mol. The molecule has 276 valence electrons. The Kier molecular flexibility index (Phi) is 9.04. The summed E-state index contributed by atoms with van der Waals surface area (Å²) in [7, 11) is 3.41. The molecule has 4 aromatic rings. The number of amides is 2. The van der Waals surface area contributed by atoms with Gasteiger partial charge in [0.2, 0.25) is 0 Å². The largest absolute Gasteiger partial charge is 0.508 e. The van der Waals surface area contributed by atoms with Crippen molar-refractivity contribution in [3.8, 4) is 11.8 Å². The minimum absolute atomic E-state index is 0.124. The van der Waals surface area contributed by atoms with E-state index in [1.165, 1.54) is 11.0 Å². The van der Waals surface area contributed by atoms with Gasteiger partial charge in [0, 0.05) is 69.4 Å². The first-order valence-corrected chi connectivity index (χ1v) is 18.5. The third kappa shape index (κ3) is 6.35. The molecule has 2 atom stereocenters. The number of nitrogens with zero attached hydrogens (tertiary/aromatic N) is 8. The van der Waals surface area contributed by atoms with Crippen molar-refractivity contribution in [2.24, 2.45) is 0 Å². The van der Waals surface area contributed by atoms with Crippen LogP contribution in [0.25, 0.3) is 10.8 Å². The lowest BCUT2D eigenvalue weighted by Crippen LogP contribution is -2.43. The summed E-state index contributed by atoms with van der Waals surface area (Å²) in [6.45, 7) is 7.01. The number of carbonyl (C=O) groups excluding carboxylic acids is 1. The first-order valence-electron chi connectivity index (χ1n) is 18.5. The molecule has 14 heteroatoms. The summed E-state index contributed by atoms with van der Waals surface area (Å²) in [5.74, 6) is 0.679. The molecule has 12 nitrogen and oxygen atoms in total. The molecular formula is C38H47F2N9O3. The van der Waals surface area contributed by atoms with Crippen LogP contribution >= 0.6 is 0 Å². The number of urea groups is 1. The number of nitrogens with one attached hydrogen (secondary N) is 1. The number of benzene rings is 2. The van der Waals surface area contributed by atoms with Gasteiger partial charge in [0.15, 0.2) is 0 Å². The molecule has 0 unspecified atom stereocenters. The minimum atomic E-state index is -0.865. The molecule has 2 N–H and O–H groups in total. The first-order chi connectivity index (χ1) is 25.1. The molecule has 0 aliphatic carbocycles. The zero-order valence-electron chi connectivity index (χ0n) is 30.2. The number of anilines is 2. The summed E-state index contributed by atoms with van der Waals surface area (Å²) in [5.41, 5.74) is 4.72. The topological polar surface area (TPSA) is 115 Å². The molecule has 2 saturated heterocycles. The van der Waals surface area contributed by atoms with Crippen LogP contribution in [0, 0.1) is 5.82 Å². The van der Waals surface area contributed by atoms with Gasteiger partial charge in [-0.15, -0.1) is 0 Å². The third-order valence-corrected chi connectivity index (χ3v) is 11.3. The van der Waals surface area contributed by atoms with E-state index in [0.29, 0.717) is 64.2 Å². The molecule has 52 heavy (non-hydrogen) atoms. The number of fused-ring (bicyclic) bond motifs is 4. The fourth-order valence-electron chi connectivity index (χ4n) is 8.75. The number of ether oxygens (including phenoxy) is 1. The fourth-order valence-corrected chi connectivity index (χ4v) is 8.75. The van der Waals surface area contributed by atoms with Crippen LogP contribution in [0.3, 0.4) is 0 Å². The predicted molar refractivity (Wildman–Crippen MR) is 194 cm³/mol. The van der Waals surface area contributed by atoms with Crippen molar-refractivity contribution in [2.75, 3.05) is 56.7 Å². The molecule has 0 spiro atoms. The van der Waals surface area contributed by atoms with E-state index in [9.17, 15) is 14.3 Å². The number of hydrogen-bond donors (Lipinski definition) is 2. The van der Waals surface area contributed by atoms with Crippen molar-refractivity contribution >= 4 is 28.3 Å². The summed E-state index contributed by atoms with van der Waals surface area (Å²) in [6.07, 6.45) is 3.48. The molecule has 0 radical (unpaired) electrons. The van der Waals surface area contributed by atoms with Crippen LogP contribution in [0.15, 0.2) is 30.3 Å². The van der Waals surface area contributed by atoms with E-state index in [2.05, 4.69) is 20.0 Å². The Balaban J connectivity index is 1.14. The normalized spacial score (nSPS) is 21.5. The molecule has 2 aromatic heterocycles. The third-order valence-electron chi connectivity index (χ3n) is 11.3. The summed E-state index contributed by atoms with van der Waals surface area (Å²) in [5, 5.41) is 20.0. The monoisotopic (exact) mass is 715 g/mol. The van der Waals surface area contributed by atoms with Gasteiger partial charge in [-0.1, -0.05) is 13.0 Å². The summed E-state index contributed by atoms with van der Waals surface area (Å²) >= 11 is 0. The zero-order valence-corrected chi connectivity index (χ0v) is 30.2. The fraction of sp³-hybridized carbons (Fsp3) is 0.526. The predicted octanol–water partition coefficient (Wildman–Crippen LogP) is 4.93. The number of halogens is 2. The Morgan fingerprint density at radius 1 is 1.10 bits per heavy atom. The van der Waals surface area contributed by atoms with Crippen LogP contribution in [0.1, 0.15) is 60.8 Å². The van der Waals surface area contributed by atoms with Crippen LogP contribution in [0.5, 0.6) is 11.8 Å².